The molecule has 6 nitrogen and oxygen atoms in total. The third kappa shape index (κ3) is 4.69. The molecule has 28 heavy (non-hydrogen) atoms. The summed E-state index contributed by atoms with van der Waals surface area (Å²) in [5.74, 6) is 0.148. The normalized spacial score (nSPS) is 11.9. The van der Waals surface area contributed by atoms with Crippen molar-refractivity contribution in [1.29, 1.82) is 0 Å². The van der Waals surface area contributed by atoms with Crippen LogP contribution in [0.15, 0.2) is 52.7 Å². The zero-order valence-electron chi connectivity index (χ0n) is 14.2. The summed E-state index contributed by atoms with van der Waals surface area (Å²) in [6, 6.07) is 12.1. The Morgan fingerprint density at radius 3 is 2.43 bits per heavy atom. The van der Waals surface area contributed by atoms with E-state index in [1.165, 1.54) is 6.21 Å². The molecule has 3 rings (SSSR count). The lowest BCUT2D eigenvalue weighted by Gasteiger charge is -2.12. The quantitative estimate of drug-likeness (QED) is 0.222. The van der Waals surface area contributed by atoms with Gasteiger partial charge in [-0.15, -0.1) is 5.10 Å². The predicted octanol–water partition coefficient (Wildman–Crippen LogP) is 5.09. The van der Waals surface area contributed by atoms with Crippen LogP contribution in [0.25, 0.3) is 11.3 Å². The van der Waals surface area contributed by atoms with Gasteiger partial charge in [0.05, 0.1) is 22.5 Å². The zero-order valence-corrected chi connectivity index (χ0v) is 17.2. The minimum atomic E-state index is 0.0440. The van der Waals surface area contributed by atoms with Crippen LogP contribution >= 0.6 is 47.0 Å². The van der Waals surface area contributed by atoms with E-state index in [4.69, 9.17) is 58.5 Å². The van der Waals surface area contributed by atoms with E-state index >= 15 is 0 Å². The molecule has 0 saturated carbocycles. The molecule has 142 valence electrons. The van der Waals surface area contributed by atoms with E-state index in [0.717, 1.165) is 5.56 Å². The molecule has 10 heteroatoms. The fraction of sp³-hybridized carbons (Fsp3) is 0. The number of nitrogens with one attached hydrogen (secondary N) is 1. The summed E-state index contributed by atoms with van der Waals surface area (Å²) < 4.78 is 0.180. The highest BCUT2D eigenvalue weighted by molar-refractivity contribution is 7.71. The van der Waals surface area contributed by atoms with E-state index in [-0.39, 0.29) is 16.4 Å². The molecule has 0 aliphatic heterocycles. The molecule has 0 amide bonds. The number of anilines is 1. The fourth-order valence-corrected chi connectivity index (χ4v) is 3.23. The molecule has 5 N–H and O–H groups in total. The molecule has 0 aliphatic rings. The average Bonchev–Trinajstić information content (AvgIpc) is 2.62. The third-order valence-corrected chi connectivity index (χ3v) is 4.65. The number of H-pyrrole nitrogens is 1. The summed E-state index contributed by atoms with van der Waals surface area (Å²) in [7, 11) is 0. The Labute approximate surface area is 180 Å². The van der Waals surface area contributed by atoms with Crippen molar-refractivity contribution in [3.63, 3.8) is 0 Å². The molecule has 0 bridgehead atoms. The average molecular weight is 452 g/mol. The van der Waals surface area contributed by atoms with Crippen molar-refractivity contribution >= 4 is 64.9 Å². The number of nitrogen functional groups attached to an aromatic ring is 1. The number of aromatic nitrogens is 2. The summed E-state index contributed by atoms with van der Waals surface area (Å²) in [4.78, 5) is 7.00. The summed E-state index contributed by atoms with van der Waals surface area (Å²) in [5.41, 5.74) is 14.4. The molecule has 0 unspecified atom stereocenters. The van der Waals surface area contributed by atoms with E-state index in [0.29, 0.717) is 31.9 Å². The summed E-state index contributed by atoms with van der Waals surface area (Å²) in [5, 5.41) is 9.53. The molecule has 0 saturated heterocycles. The van der Waals surface area contributed by atoms with Crippen LogP contribution in [-0.2, 0) is 0 Å². The maximum Gasteiger partial charge on any atom is 0.199 e. The number of nitrogens with two attached hydrogens (primary N) is 2. The van der Waals surface area contributed by atoms with Crippen molar-refractivity contribution in [2.24, 2.45) is 15.9 Å². The minimum Gasteiger partial charge on any atom is -0.383 e. The van der Waals surface area contributed by atoms with Gasteiger partial charge in [0.1, 0.15) is 5.82 Å². The molecule has 0 atom stereocenters. The Bertz CT molecular complexity index is 1140. The van der Waals surface area contributed by atoms with E-state index in [1.807, 2.05) is 0 Å². The second-order valence-corrected chi connectivity index (χ2v) is 7.25. The summed E-state index contributed by atoms with van der Waals surface area (Å²) >= 11 is 23.3. The smallest absolute Gasteiger partial charge is 0.199 e. The van der Waals surface area contributed by atoms with Gasteiger partial charge in [0.15, 0.2) is 10.6 Å². The van der Waals surface area contributed by atoms with Gasteiger partial charge < -0.3 is 16.5 Å². The zero-order chi connectivity index (χ0) is 20.3. The highest BCUT2D eigenvalue weighted by Gasteiger charge is 2.17. The molecule has 0 radical (unpaired) electrons. The number of aromatic amines is 1. The lowest BCUT2D eigenvalue weighted by atomic mass is 10.1. The first-order valence-corrected chi connectivity index (χ1v) is 9.37. The van der Waals surface area contributed by atoms with Crippen LogP contribution in [-0.4, -0.2) is 22.0 Å². The van der Waals surface area contributed by atoms with Crippen molar-refractivity contribution in [2.45, 2.75) is 0 Å². The number of nitrogens with zero attached hydrogens (tertiary/aromatic N) is 3. The van der Waals surface area contributed by atoms with E-state index < -0.39 is 0 Å². The van der Waals surface area contributed by atoms with E-state index in [2.05, 4.69) is 20.2 Å². The largest absolute Gasteiger partial charge is 0.383 e. The van der Waals surface area contributed by atoms with Gasteiger partial charge in [0.25, 0.3) is 0 Å². The van der Waals surface area contributed by atoms with Crippen molar-refractivity contribution in [3.8, 4) is 11.3 Å². The van der Waals surface area contributed by atoms with E-state index in [1.54, 1.807) is 42.5 Å². The molecule has 3 aromatic rings. The molecular formula is C18H13Cl3N6S. The van der Waals surface area contributed by atoms with Gasteiger partial charge in [-0.25, -0.2) is 4.98 Å². The monoisotopic (exact) mass is 450 g/mol. The topological polar surface area (TPSA) is 105 Å². The Kier molecular flexibility index (Phi) is 6.31. The molecule has 0 fully saturated rings. The SMILES string of the molecule is N/C(=N\N=C\c1ccc(Cl)cc1)c1c(N)nc(=S)[nH]c1-c1ccc(Cl)cc1Cl. The van der Waals surface area contributed by atoms with Gasteiger partial charge in [0.2, 0.25) is 0 Å². The first-order valence-electron chi connectivity index (χ1n) is 7.83. The number of rotatable bonds is 4. The van der Waals surface area contributed by atoms with Crippen LogP contribution in [0, 0.1) is 4.77 Å². The lowest BCUT2D eigenvalue weighted by molar-refractivity contribution is 1.13. The van der Waals surface area contributed by atoms with Crippen molar-refractivity contribution in [3.05, 3.63) is 73.4 Å². The number of halogens is 3. The second kappa shape index (κ2) is 8.70. The predicted molar refractivity (Wildman–Crippen MR) is 119 cm³/mol. The van der Waals surface area contributed by atoms with Gasteiger partial charge in [-0.05, 0) is 48.1 Å². The van der Waals surface area contributed by atoms with Crippen LogP contribution in [0.1, 0.15) is 11.1 Å². The Balaban J connectivity index is 2.05. The molecule has 1 aromatic heterocycles. The maximum atomic E-state index is 6.32. The Morgan fingerprint density at radius 2 is 1.75 bits per heavy atom. The van der Waals surface area contributed by atoms with Gasteiger partial charge in [-0.1, -0.05) is 46.9 Å². The van der Waals surface area contributed by atoms with Gasteiger partial charge >= 0.3 is 0 Å². The number of hydrogen-bond acceptors (Lipinski definition) is 5. The Hall–Kier alpha value is -2.45. The van der Waals surface area contributed by atoms with Crippen LogP contribution in [0.5, 0.6) is 0 Å². The molecular weight excluding hydrogens is 439 g/mol. The maximum absolute atomic E-state index is 6.32. The van der Waals surface area contributed by atoms with Crippen molar-refractivity contribution < 1.29 is 0 Å². The molecule has 0 spiro atoms. The first kappa shape index (κ1) is 20.3. The van der Waals surface area contributed by atoms with Crippen molar-refractivity contribution in [2.75, 3.05) is 5.73 Å². The van der Waals surface area contributed by atoms with Gasteiger partial charge in [0, 0.05) is 15.6 Å². The van der Waals surface area contributed by atoms with Crippen LogP contribution in [0.3, 0.4) is 0 Å². The first-order chi connectivity index (χ1) is 13.3. The van der Waals surface area contributed by atoms with Crippen LogP contribution in [0.4, 0.5) is 5.82 Å². The number of hydrogen-bond donors (Lipinski definition) is 3. The Morgan fingerprint density at radius 1 is 1.07 bits per heavy atom. The number of amidine groups is 1. The standard InChI is InChI=1S/C18H13Cl3N6S/c19-10-3-1-9(2-4-10)8-24-27-17(23)14-15(25-18(28)26-16(14)22)12-6-5-11(20)7-13(12)21/h1-8H,(H2,23,27)(H3,22,25,26,28)/b24-8+. The van der Waals surface area contributed by atoms with Gasteiger partial charge in [-0.2, -0.15) is 5.10 Å². The molecule has 0 aliphatic carbocycles. The fourth-order valence-electron chi connectivity index (χ4n) is 2.40. The summed E-state index contributed by atoms with van der Waals surface area (Å²) in [6.07, 6.45) is 1.53. The second-order valence-electron chi connectivity index (χ2n) is 5.58. The third-order valence-electron chi connectivity index (χ3n) is 3.66. The number of benzene rings is 2. The highest BCUT2D eigenvalue weighted by atomic mass is 35.5. The van der Waals surface area contributed by atoms with Gasteiger partial charge in [-0.3, -0.25) is 0 Å². The molecule has 2 aromatic carbocycles. The summed E-state index contributed by atoms with van der Waals surface area (Å²) in [6.45, 7) is 0. The lowest BCUT2D eigenvalue weighted by Crippen LogP contribution is -2.18. The van der Waals surface area contributed by atoms with Crippen LogP contribution in [0.2, 0.25) is 15.1 Å². The molecule has 1 heterocycles. The minimum absolute atomic E-state index is 0.0440. The van der Waals surface area contributed by atoms with E-state index in [9.17, 15) is 0 Å². The van der Waals surface area contributed by atoms with Crippen molar-refractivity contribution in [1.82, 2.24) is 9.97 Å². The van der Waals surface area contributed by atoms with Crippen LogP contribution < -0.4 is 11.5 Å². The highest BCUT2D eigenvalue weighted by Crippen LogP contribution is 2.32.